The van der Waals surface area contributed by atoms with E-state index in [2.05, 4.69) is 32.7 Å². The van der Waals surface area contributed by atoms with Gasteiger partial charge < -0.3 is 9.47 Å². The van der Waals surface area contributed by atoms with Crippen LogP contribution in [0.4, 0.5) is 5.69 Å². The van der Waals surface area contributed by atoms with Gasteiger partial charge in [0.05, 0.1) is 0 Å². The number of carbonyl (C=O) groups is 1. The zero-order valence-electron chi connectivity index (χ0n) is 15.0. The van der Waals surface area contributed by atoms with E-state index in [9.17, 15) is 4.79 Å². The molecular weight excluding hydrogens is 306 g/mol. The van der Waals surface area contributed by atoms with Gasteiger partial charge in [0.1, 0.15) is 0 Å². The number of anilines is 1. The van der Waals surface area contributed by atoms with Crippen molar-refractivity contribution in [1.82, 2.24) is 4.57 Å². The van der Waals surface area contributed by atoms with Crippen molar-refractivity contribution in [1.29, 1.82) is 0 Å². The number of amides is 1. The van der Waals surface area contributed by atoms with Gasteiger partial charge in [-0.1, -0.05) is 26.8 Å². The second-order valence-electron chi connectivity index (χ2n) is 6.97. The number of thiazole rings is 1. The van der Waals surface area contributed by atoms with E-state index in [0.29, 0.717) is 5.56 Å². The van der Waals surface area contributed by atoms with Gasteiger partial charge in [-0.25, -0.2) is 0 Å². The molecule has 5 heteroatoms. The minimum Gasteiger partial charge on any atom is -0.378 e. The SMILES string of the molecule is Cc1c(C(C)(C)C)s/c(=N\C(=O)c2cccc(N(C)C)c2)n1C. The highest BCUT2D eigenvalue weighted by molar-refractivity contribution is 7.09. The molecule has 0 fully saturated rings. The molecule has 0 aliphatic heterocycles. The molecule has 0 saturated carbocycles. The summed E-state index contributed by atoms with van der Waals surface area (Å²) < 4.78 is 2.00. The average molecular weight is 331 g/mol. The zero-order chi connectivity index (χ0) is 17.4. The van der Waals surface area contributed by atoms with Crippen molar-refractivity contribution in [2.24, 2.45) is 12.0 Å². The first kappa shape index (κ1) is 17.5. The molecule has 0 N–H and O–H groups in total. The van der Waals surface area contributed by atoms with Crippen molar-refractivity contribution in [3.63, 3.8) is 0 Å². The third kappa shape index (κ3) is 3.72. The van der Waals surface area contributed by atoms with Gasteiger partial charge in [0.15, 0.2) is 4.80 Å². The van der Waals surface area contributed by atoms with Crippen LogP contribution in [-0.4, -0.2) is 24.6 Å². The number of hydrogen-bond acceptors (Lipinski definition) is 3. The topological polar surface area (TPSA) is 37.6 Å². The minimum atomic E-state index is -0.203. The largest absolute Gasteiger partial charge is 0.378 e. The number of nitrogens with zero attached hydrogens (tertiary/aromatic N) is 3. The second kappa shape index (κ2) is 6.32. The molecule has 0 unspecified atom stereocenters. The van der Waals surface area contributed by atoms with Crippen LogP contribution in [-0.2, 0) is 12.5 Å². The molecule has 0 aliphatic carbocycles. The van der Waals surface area contributed by atoms with Crippen molar-refractivity contribution in [2.75, 3.05) is 19.0 Å². The van der Waals surface area contributed by atoms with Crippen LogP contribution in [0.1, 0.15) is 41.7 Å². The molecule has 1 amide bonds. The van der Waals surface area contributed by atoms with Gasteiger partial charge in [-0.3, -0.25) is 4.79 Å². The van der Waals surface area contributed by atoms with Crippen molar-refractivity contribution in [2.45, 2.75) is 33.1 Å². The predicted octanol–water partition coefficient (Wildman–Crippen LogP) is 3.50. The maximum absolute atomic E-state index is 12.5. The van der Waals surface area contributed by atoms with Gasteiger partial charge in [-0.15, -0.1) is 11.3 Å². The maximum Gasteiger partial charge on any atom is 0.279 e. The molecule has 2 aromatic rings. The smallest absolute Gasteiger partial charge is 0.279 e. The van der Waals surface area contributed by atoms with Crippen LogP contribution >= 0.6 is 11.3 Å². The van der Waals surface area contributed by atoms with Crippen LogP contribution in [0.3, 0.4) is 0 Å². The maximum atomic E-state index is 12.5. The summed E-state index contributed by atoms with van der Waals surface area (Å²) in [6.07, 6.45) is 0. The van der Waals surface area contributed by atoms with Crippen molar-refractivity contribution in [3.8, 4) is 0 Å². The van der Waals surface area contributed by atoms with E-state index in [1.165, 1.54) is 4.88 Å². The fourth-order valence-electron chi connectivity index (χ4n) is 2.39. The lowest BCUT2D eigenvalue weighted by Crippen LogP contribution is -2.15. The third-order valence-electron chi connectivity index (χ3n) is 3.80. The van der Waals surface area contributed by atoms with Gasteiger partial charge in [0.25, 0.3) is 5.91 Å². The predicted molar refractivity (Wildman–Crippen MR) is 97.4 cm³/mol. The van der Waals surface area contributed by atoms with E-state index in [1.54, 1.807) is 11.3 Å². The summed E-state index contributed by atoms with van der Waals surface area (Å²) in [5, 5.41) is 0. The summed E-state index contributed by atoms with van der Waals surface area (Å²) in [6.45, 7) is 8.61. The van der Waals surface area contributed by atoms with Crippen LogP contribution in [0.5, 0.6) is 0 Å². The van der Waals surface area contributed by atoms with Crippen LogP contribution in [0, 0.1) is 6.92 Å². The van der Waals surface area contributed by atoms with Gasteiger partial charge in [-0.2, -0.15) is 4.99 Å². The monoisotopic (exact) mass is 331 g/mol. The van der Waals surface area contributed by atoms with Crippen LogP contribution in [0.15, 0.2) is 29.3 Å². The Morgan fingerprint density at radius 1 is 1.26 bits per heavy atom. The number of rotatable bonds is 2. The zero-order valence-corrected chi connectivity index (χ0v) is 15.8. The van der Waals surface area contributed by atoms with Crippen molar-refractivity contribution in [3.05, 3.63) is 45.2 Å². The highest BCUT2D eigenvalue weighted by Crippen LogP contribution is 2.27. The summed E-state index contributed by atoms with van der Waals surface area (Å²) in [5.74, 6) is -0.203. The Morgan fingerprint density at radius 3 is 2.43 bits per heavy atom. The Balaban J connectivity index is 2.47. The molecule has 124 valence electrons. The standard InChI is InChI=1S/C18H25N3OS/c1-12-15(18(2,3)4)23-17(21(12)7)19-16(22)13-9-8-10-14(11-13)20(5)6/h8-11H,1-7H3/b19-17-. The first-order valence-electron chi connectivity index (χ1n) is 7.64. The summed E-state index contributed by atoms with van der Waals surface area (Å²) >= 11 is 1.59. The molecule has 1 heterocycles. The van der Waals surface area contributed by atoms with E-state index in [-0.39, 0.29) is 11.3 Å². The van der Waals surface area contributed by atoms with Gasteiger partial charge in [0.2, 0.25) is 0 Å². The summed E-state index contributed by atoms with van der Waals surface area (Å²) in [6, 6.07) is 7.54. The van der Waals surface area contributed by atoms with E-state index in [0.717, 1.165) is 16.2 Å². The molecule has 23 heavy (non-hydrogen) atoms. The minimum absolute atomic E-state index is 0.0498. The Kier molecular flexibility index (Phi) is 4.80. The highest BCUT2D eigenvalue weighted by atomic mass is 32.1. The molecule has 2 rings (SSSR count). The molecule has 0 radical (unpaired) electrons. The molecule has 0 saturated heterocycles. The third-order valence-corrected chi connectivity index (χ3v) is 5.46. The van der Waals surface area contributed by atoms with Crippen LogP contribution in [0.25, 0.3) is 0 Å². The van der Waals surface area contributed by atoms with E-state index >= 15 is 0 Å². The van der Waals surface area contributed by atoms with E-state index in [4.69, 9.17) is 0 Å². The lowest BCUT2D eigenvalue weighted by Gasteiger charge is -2.17. The lowest BCUT2D eigenvalue weighted by atomic mass is 9.93. The van der Waals surface area contributed by atoms with E-state index < -0.39 is 0 Å². The number of aromatic nitrogens is 1. The number of benzene rings is 1. The molecule has 0 atom stereocenters. The van der Waals surface area contributed by atoms with Gasteiger partial charge in [0, 0.05) is 43.0 Å². The Hall–Kier alpha value is -1.88. The van der Waals surface area contributed by atoms with Crippen LogP contribution < -0.4 is 9.70 Å². The Labute approximate surface area is 142 Å². The van der Waals surface area contributed by atoms with Crippen molar-refractivity contribution < 1.29 is 4.79 Å². The summed E-state index contributed by atoms with van der Waals surface area (Å²) in [5.41, 5.74) is 2.82. The molecule has 0 bridgehead atoms. The average Bonchev–Trinajstić information content (AvgIpc) is 2.75. The Morgan fingerprint density at radius 2 is 1.91 bits per heavy atom. The first-order valence-corrected chi connectivity index (χ1v) is 8.46. The summed E-state index contributed by atoms with van der Waals surface area (Å²) in [4.78, 5) is 20.8. The molecular formula is C18H25N3OS. The number of carbonyl (C=O) groups excluding carboxylic acids is 1. The number of hydrogen-bond donors (Lipinski definition) is 0. The lowest BCUT2D eigenvalue weighted by molar-refractivity contribution is 0.0998. The van der Waals surface area contributed by atoms with Gasteiger partial charge in [-0.05, 0) is 30.5 Å². The second-order valence-corrected chi connectivity index (χ2v) is 7.95. The summed E-state index contributed by atoms with van der Waals surface area (Å²) in [7, 11) is 5.88. The fourth-order valence-corrected chi connectivity index (χ4v) is 3.57. The molecule has 0 spiro atoms. The van der Waals surface area contributed by atoms with Crippen LogP contribution in [0.2, 0.25) is 0 Å². The molecule has 4 nitrogen and oxygen atoms in total. The Bertz CT molecular complexity index is 791. The highest BCUT2D eigenvalue weighted by Gasteiger charge is 2.21. The molecule has 1 aromatic carbocycles. The molecule has 0 aliphatic rings. The fraction of sp³-hybridized carbons (Fsp3) is 0.444. The normalized spacial score (nSPS) is 12.6. The van der Waals surface area contributed by atoms with Gasteiger partial charge >= 0.3 is 0 Å². The van der Waals surface area contributed by atoms with Crippen molar-refractivity contribution >= 4 is 22.9 Å². The first-order chi connectivity index (χ1) is 10.6. The van der Waals surface area contributed by atoms with E-state index in [1.807, 2.05) is 54.9 Å². The molecule has 1 aromatic heterocycles. The quantitative estimate of drug-likeness (QED) is 0.844.